The van der Waals surface area contributed by atoms with E-state index in [0.717, 1.165) is 12.8 Å². The molecule has 1 aliphatic carbocycles. The first-order valence-corrected chi connectivity index (χ1v) is 2.50. The van der Waals surface area contributed by atoms with E-state index < -0.39 is 0 Å². The average Bonchev–Trinajstić information content (AvgIpc) is 2.44. The highest BCUT2D eigenvalue weighted by atomic mass is 35.5. The minimum atomic E-state index is -0.181. The lowest BCUT2D eigenvalue weighted by Crippen LogP contribution is -2.18. The lowest BCUT2D eigenvalue weighted by Gasteiger charge is -1.91. The zero-order chi connectivity index (χ0) is 5.28. The number of nitriles is 1. The molecular formula is C5H9ClN2. The molecule has 1 unspecified atom stereocenters. The molecule has 0 aromatic heterocycles. The molecular weight excluding hydrogens is 124 g/mol. The first-order chi connectivity index (χ1) is 3.34. The Labute approximate surface area is 55.1 Å². The monoisotopic (exact) mass is 132 g/mol. The molecule has 0 spiro atoms. The summed E-state index contributed by atoms with van der Waals surface area (Å²) < 4.78 is 0. The quantitative estimate of drug-likeness (QED) is 0.570. The van der Waals surface area contributed by atoms with Crippen LogP contribution in [0.15, 0.2) is 0 Å². The van der Waals surface area contributed by atoms with Gasteiger partial charge < -0.3 is 5.73 Å². The van der Waals surface area contributed by atoms with E-state index in [1.807, 2.05) is 6.07 Å². The summed E-state index contributed by atoms with van der Waals surface area (Å²) in [6.45, 7) is 0. The lowest BCUT2D eigenvalue weighted by atomic mass is 10.2. The highest BCUT2D eigenvalue weighted by molar-refractivity contribution is 5.85. The molecule has 3 heteroatoms. The van der Waals surface area contributed by atoms with Crippen molar-refractivity contribution in [2.45, 2.75) is 18.9 Å². The maximum absolute atomic E-state index is 8.17. The van der Waals surface area contributed by atoms with Crippen LogP contribution in [0.3, 0.4) is 0 Å². The summed E-state index contributed by atoms with van der Waals surface area (Å²) in [7, 11) is 0. The fourth-order valence-electron chi connectivity index (χ4n) is 0.561. The smallest absolute Gasteiger partial charge is 0.0956 e. The average molecular weight is 133 g/mol. The molecule has 2 nitrogen and oxygen atoms in total. The number of halogens is 1. The molecule has 46 valence electrons. The summed E-state index contributed by atoms with van der Waals surface area (Å²) in [6.07, 6.45) is 2.32. The van der Waals surface area contributed by atoms with Crippen LogP contribution in [0.5, 0.6) is 0 Å². The van der Waals surface area contributed by atoms with Gasteiger partial charge in [0, 0.05) is 0 Å². The predicted molar refractivity (Wildman–Crippen MR) is 33.6 cm³/mol. The summed E-state index contributed by atoms with van der Waals surface area (Å²) in [5.74, 6) is 0.532. The number of hydrogen-bond donors (Lipinski definition) is 1. The van der Waals surface area contributed by atoms with Gasteiger partial charge in [0.2, 0.25) is 0 Å². The summed E-state index contributed by atoms with van der Waals surface area (Å²) in [5, 5.41) is 8.17. The molecule has 0 radical (unpaired) electrons. The summed E-state index contributed by atoms with van der Waals surface area (Å²) in [6, 6.07) is 1.82. The first-order valence-electron chi connectivity index (χ1n) is 2.50. The van der Waals surface area contributed by atoms with Gasteiger partial charge in [-0.05, 0) is 18.8 Å². The van der Waals surface area contributed by atoms with Crippen LogP contribution in [0.4, 0.5) is 0 Å². The molecule has 0 aromatic carbocycles. The molecule has 1 saturated carbocycles. The topological polar surface area (TPSA) is 49.8 Å². The second-order valence-corrected chi connectivity index (χ2v) is 1.99. The second kappa shape index (κ2) is 2.91. The van der Waals surface area contributed by atoms with Gasteiger partial charge in [-0.3, -0.25) is 0 Å². The lowest BCUT2D eigenvalue weighted by molar-refractivity contribution is 0.722. The Bertz CT molecular complexity index is 103. The maximum Gasteiger partial charge on any atom is 0.0956 e. The van der Waals surface area contributed by atoms with Gasteiger partial charge >= 0.3 is 0 Å². The van der Waals surface area contributed by atoms with Crippen molar-refractivity contribution in [3.8, 4) is 6.07 Å². The summed E-state index contributed by atoms with van der Waals surface area (Å²) in [4.78, 5) is 0. The van der Waals surface area contributed by atoms with Crippen LogP contribution in [0.25, 0.3) is 0 Å². The largest absolute Gasteiger partial charge is 0.316 e. The molecule has 0 bridgehead atoms. The van der Waals surface area contributed by atoms with E-state index in [2.05, 4.69) is 0 Å². The van der Waals surface area contributed by atoms with Crippen molar-refractivity contribution >= 4 is 12.4 Å². The molecule has 1 fully saturated rings. The maximum atomic E-state index is 8.17. The minimum Gasteiger partial charge on any atom is -0.316 e. The van der Waals surface area contributed by atoms with Gasteiger partial charge in [-0.2, -0.15) is 5.26 Å². The second-order valence-electron chi connectivity index (χ2n) is 1.99. The van der Waals surface area contributed by atoms with Crippen LogP contribution in [0.1, 0.15) is 12.8 Å². The molecule has 1 atom stereocenters. The third-order valence-corrected chi connectivity index (χ3v) is 1.28. The van der Waals surface area contributed by atoms with Crippen LogP contribution >= 0.6 is 12.4 Å². The molecule has 0 saturated heterocycles. The van der Waals surface area contributed by atoms with Gasteiger partial charge in [-0.15, -0.1) is 12.4 Å². The van der Waals surface area contributed by atoms with Gasteiger partial charge in [-0.25, -0.2) is 0 Å². The molecule has 1 aliphatic rings. The number of hydrogen-bond acceptors (Lipinski definition) is 2. The Hall–Kier alpha value is -0.260. The van der Waals surface area contributed by atoms with Crippen molar-refractivity contribution in [2.24, 2.45) is 11.7 Å². The first kappa shape index (κ1) is 7.74. The molecule has 0 aliphatic heterocycles. The van der Waals surface area contributed by atoms with Crippen molar-refractivity contribution in [3.63, 3.8) is 0 Å². The molecule has 0 aromatic rings. The van der Waals surface area contributed by atoms with E-state index in [0.29, 0.717) is 5.92 Å². The molecule has 0 amide bonds. The van der Waals surface area contributed by atoms with E-state index in [9.17, 15) is 0 Å². The molecule has 2 N–H and O–H groups in total. The zero-order valence-corrected chi connectivity index (χ0v) is 5.32. The van der Waals surface area contributed by atoms with Crippen LogP contribution in [-0.2, 0) is 0 Å². The van der Waals surface area contributed by atoms with Gasteiger partial charge in [0.25, 0.3) is 0 Å². The molecule has 0 heterocycles. The van der Waals surface area contributed by atoms with Gasteiger partial charge in [0.15, 0.2) is 0 Å². The summed E-state index contributed by atoms with van der Waals surface area (Å²) >= 11 is 0. The highest BCUT2D eigenvalue weighted by Gasteiger charge is 2.27. The van der Waals surface area contributed by atoms with Crippen molar-refractivity contribution in [2.75, 3.05) is 0 Å². The van der Waals surface area contributed by atoms with Gasteiger partial charge in [-0.1, -0.05) is 0 Å². The standard InChI is InChI=1S/C5H8N2.ClH/c6-3-5(7)4-1-2-4;/h4-5H,1-2,7H2;1H. The van der Waals surface area contributed by atoms with E-state index in [1.165, 1.54) is 0 Å². The van der Waals surface area contributed by atoms with E-state index in [4.69, 9.17) is 11.0 Å². The van der Waals surface area contributed by atoms with Crippen LogP contribution in [0.2, 0.25) is 0 Å². The Morgan fingerprint density at radius 1 is 1.62 bits per heavy atom. The number of nitrogens with two attached hydrogens (primary N) is 1. The Morgan fingerprint density at radius 3 is 2.25 bits per heavy atom. The van der Waals surface area contributed by atoms with Crippen LogP contribution in [-0.4, -0.2) is 6.04 Å². The number of rotatable bonds is 1. The normalized spacial score (nSPS) is 20.5. The fraction of sp³-hybridized carbons (Fsp3) is 0.800. The Kier molecular flexibility index (Phi) is 2.81. The molecule has 8 heavy (non-hydrogen) atoms. The van der Waals surface area contributed by atoms with Crippen molar-refractivity contribution in [1.82, 2.24) is 0 Å². The third-order valence-electron chi connectivity index (χ3n) is 1.28. The predicted octanol–water partition coefficient (Wildman–Crippen LogP) is 0.669. The third kappa shape index (κ3) is 1.69. The van der Waals surface area contributed by atoms with Crippen LogP contribution in [0, 0.1) is 17.2 Å². The zero-order valence-electron chi connectivity index (χ0n) is 4.50. The fourth-order valence-corrected chi connectivity index (χ4v) is 0.561. The van der Waals surface area contributed by atoms with Crippen molar-refractivity contribution in [1.29, 1.82) is 5.26 Å². The number of nitrogens with zero attached hydrogens (tertiary/aromatic N) is 1. The van der Waals surface area contributed by atoms with E-state index in [-0.39, 0.29) is 18.4 Å². The van der Waals surface area contributed by atoms with E-state index >= 15 is 0 Å². The van der Waals surface area contributed by atoms with Crippen molar-refractivity contribution in [3.05, 3.63) is 0 Å². The SMILES string of the molecule is Cl.N#CC(N)C1CC1. The Balaban J connectivity index is 0.000000490. The summed E-state index contributed by atoms with van der Waals surface area (Å²) in [5.41, 5.74) is 5.32. The van der Waals surface area contributed by atoms with Crippen LogP contribution < -0.4 is 5.73 Å². The molecule has 1 rings (SSSR count). The van der Waals surface area contributed by atoms with Crippen molar-refractivity contribution < 1.29 is 0 Å². The van der Waals surface area contributed by atoms with Gasteiger partial charge in [0.05, 0.1) is 12.1 Å². The van der Waals surface area contributed by atoms with Gasteiger partial charge in [0.1, 0.15) is 0 Å². The van der Waals surface area contributed by atoms with E-state index in [1.54, 1.807) is 0 Å². The highest BCUT2D eigenvalue weighted by Crippen LogP contribution is 2.30. The minimum absolute atomic E-state index is 0. The Morgan fingerprint density at radius 2 is 2.12 bits per heavy atom.